The Kier molecular flexibility index (Phi) is 4.18. The van der Waals surface area contributed by atoms with Crippen molar-refractivity contribution in [2.24, 2.45) is 23.7 Å². The molecule has 4 aromatic rings. The Morgan fingerprint density at radius 2 is 2.00 bits per heavy atom. The molecule has 3 fully saturated rings. The molecule has 2 atom stereocenters. The molecule has 4 aromatic heterocycles. The van der Waals surface area contributed by atoms with E-state index >= 15 is 0 Å². The van der Waals surface area contributed by atoms with E-state index in [-0.39, 0.29) is 0 Å². The molecule has 3 aliphatic carbocycles. The maximum atomic E-state index is 5.33. The van der Waals surface area contributed by atoms with Crippen molar-refractivity contribution in [2.75, 3.05) is 0 Å². The summed E-state index contributed by atoms with van der Waals surface area (Å²) in [5.74, 6) is 3.93. The highest BCUT2D eigenvalue weighted by molar-refractivity contribution is 5.91. The van der Waals surface area contributed by atoms with Crippen molar-refractivity contribution in [3.63, 3.8) is 0 Å². The highest BCUT2D eigenvalue weighted by atomic mass is 16.3. The molecule has 3 aliphatic rings. The van der Waals surface area contributed by atoms with Gasteiger partial charge in [-0.25, -0.2) is 19.9 Å². The number of hydrogen-bond acceptors (Lipinski definition) is 5. The predicted molar refractivity (Wildman–Crippen MR) is 114 cm³/mol. The van der Waals surface area contributed by atoms with E-state index in [0.29, 0.717) is 5.92 Å². The number of hydrogen-bond donors (Lipinski definition) is 1. The molecule has 152 valence electrons. The molecule has 0 aromatic carbocycles. The van der Waals surface area contributed by atoms with Crippen LogP contribution >= 0.6 is 0 Å². The summed E-state index contributed by atoms with van der Waals surface area (Å²) in [5.41, 5.74) is 4.75. The summed E-state index contributed by atoms with van der Waals surface area (Å²) < 4.78 is 5.33. The first-order chi connectivity index (χ1) is 14.8. The Balaban J connectivity index is 1.43. The summed E-state index contributed by atoms with van der Waals surface area (Å²) in [6.45, 7) is 2.46. The molecule has 0 radical (unpaired) electrons. The molecular formula is C24H25N5O. The molecule has 4 heterocycles. The van der Waals surface area contributed by atoms with Crippen molar-refractivity contribution in [1.29, 1.82) is 0 Å². The molecule has 0 amide bonds. The van der Waals surface area contributed by atoms with E-state index in [1.165, 1.54) is 25.7 Å². The quantitative estimate of drug-likeness (QED) is 0.504. The molecular weight excluding hydrogens is 374 g/mol. The van der Waals surface area contributed by atoms with Gasteiger partial charge >= 0.3 is 0 Å². The van der Waals surface area contributed by atoms with Gasteiger partial charge in [0.2, 0.25) is 0 Å². The molecule has 2 bridgehead atoms. The Hall–Kier alpha value is -3.02. The van der Waals surface area contributed by atoms with Gasteiger partial charge < -0.3 is 9.40 Å². The second-order valence-electron chi connectivity index (χ2n) is 8.97. The molecule has 0 unspecified atom stereocenters. The summed E-state index contributed by atoms with van der Waals surface area (Å²) >= 11 is 0. The highest BCUT2D eigenvalue weighted by Gasteiger charge is 2.41. The first-order valence-corrected chi connectivity index (χ1v) is 10.9. The standard InChI is InChI=1S/C24H25N5O/c1-14-15-2-4-16(5-3-15)19(14)8-18-9-22(17-6-7-30-12-17)29-24(28-18)21-11-26-23-20(21)10-25-13-27-23/h6-7,9-16,19H,2-5,8H2,1H3,(H,25,26,27)/t14-,15?,16?,19+/m0/s1. The fourth-order valence-corrected chi connectivity index (χ4v) is 5.80. The smallest absolute Gasteiger partial charge is 0.162 e. The van der Waals surface area contributed by atoms with Gasteiger partial charge in [0.25, 0.3) is 0 Å². The van der Waals surface area contributed by atoms with E-state index < -0.39 is 0 Å². The molecule has 6 heteroatoms. The predicted octanol–water partition coefficient (Wildman–Crippen LogP) is 5.29. The van der Waals surface area contributed by atoms with Crippen molar-refractivity contribution >= 4 is 11.0 Å². The number of fused-ring (bicyclic) bond motifs is 4. The van der Waals surface area contributed by atoms with Crippen LogP contribution in [0.4, 0.5) is 0 Å². The van der Waals surface area contributed by atoms with E-state index in [4.69, 9.17) is 14.4 Å². The summed E-state index contributed by atoms with van der Waals surface area (Å²) in [5, 5.41) is 0.942. The van der Waals surface area contributed by atoms with Gasteiger partial charge in [-0.05, 0) is 67.9 Å². The zero-order valence-electron chi connectivity index (χ0n) is 17.1. The normalized spacial score (nSPS) is 25.8. The van der Waals surface area contributed by atoms with Crippen LogP contribution in [0.1, 0.15) is 38.3 Å². The van der Waals surface area contributed by atoms with Crippen LogP contribution in [0.15, 0.2) is 47.8 Å². The lowest BCUT2D eigenvalue weighted by Crippen LogP contribution is -2.39. The minimum Gasteiger partial charge on any atom is -0.472 e. The third-order valence-corrected chi connectivity index (χ3v) is 7.48. The monoisotopic (exact) mass is 399 g/mol. The van der Waals surface area contributed by atoms with Crippen LogP contribution in [0.25, 0.3) is 33.7 Å². The minimum atomic E-state index is 0.712. The maximum Gasteiger partial charge on any atom is 0.162 e. The van der Waals surface area contributed by atoms with Gasteiger partial charge in [-0.2, -0.15) is 0 Å². The lowest BCUT2D eigenvalue weighted by Gasteiger charge is -2.47. The maximum absolute atomic E-state index is 5.33. The number of H-pyrrole nitrogens is 1. The third-order valence-electron chi connectivity index (χ3n) is 7.48. The molecule has 0 aliphatic heterocycles. The lowest BCUT2D eigenvalue weighted by atomic mass is 9.58. The number of aromatic nitrogens is 5. The van der Waals surface area contributed by atoms with Crippen LogP contribution in [0.3, 0.4) is 0 Å². The Bertz CT molecular complexity index is 1170. The first-order valence-electron chi connectivity index (χ1n) is 10.9. The van der Waals surface area contributed by atoms with Crippen LogP contribution in [-0.4, -0.2) is 24.9 Å². The van der Waals surface area contributed by atoms with E-state index in [0.717, 1.165) is 63.5 Å². The van der Waals surface area contributed by atoms with Gasteiger partial charge in [-0.15, -0.1) is 0 Å². The van der Waals surface area contributed by atoms with E-state index in [9.17, 15) is 0 Å². The van der Waals surface area contributed by atoms with Crippen LogP contribution in [0.5, 0.6) is 0 Å². The average molecular weight is 399 g/mol. The highest BCUT2D eigenvalue weighted by Crippen LogP contribution is 2.49. The molecule has 6 nitrogen and oxygen atoms in total. The molecule has 3 saturated carbocycles. The van der Waals surface area contributed by atoms with Crippen molar-refractivity contribution in [3.05, 3.63) is 49.1 Å². The fraction of sp³-hybridized carbons (Fsp3) is 0.417. The number of nitrogens with zero attached hydrogens (tertiary/aromatic N) is 4. The number of rotatable bonds is 4. The average Bonchev–Trinajstić information content (AvgIpc) is 3.47. The lowest BCUT2D eigenvalue weighted by molar-refractivity contribution is 0.0339. The molecule has 0 saturated heterocycles. The number of furan rings is 1. The number of aromatic amines is 1. The van der Waals surface area contributed by atoms with Crippen LogP contribution in [-0.2, 0) is 6.42 Å². The van der Waals surface area contributed by atoms with E-state index in [1.807, 2.05) is 18.5 Å². The summed E-state index contributed by atoms with van der Waals surface area (Å²) in [6, 6.07) is 4.11. The van der Waals surface area contributed by atoms with Crippen LogP contribution in [0, 0.1) is 23.7 Å². The molecule has 7 rings (SSSR count). The minimum absolute atomic E-state index is 0.712. The van der Waals surface area contributed by atoms with E-state index in [2.05, 4.69) is 27.9 Å². The van der Waals surface area contributed by atoms with Gasteiger partial charge in [0.1, 0.15) is 12.0 Å². The van der Waals surface area contributed by atoms with Gasteiger partial charge in [0.15, 0.2) is 5.82 Å². The van der Waals surface area contributed by atoms with Crippen molar-refractivity contribution < 1.29 is 4.42 Å². The molecule has 30 heavy (non-hydrogen) atoms. The Morgan fingerprint density at radius 1 is 1.13 bits per heavy atom. The summed E-state index contributed by atoms with van der Waals surface area (Å²) in [6.07, 6.45) is 15.3. The Labute approximate surface area is 175 Å². The molecule has 1 N–H and O–H groups in total. The largest absolute Gasteiger partial charge is 0.472 e. The SMILES string of the molecule is C[C@H]1C2CCC(CC2)[C@@H]1Cc1cc(-c2ccoc2)nc(-c2c[nH]c3ncncc23)n1. The topological polar surface area (TPSA) is 80.5 Å². The zero-order chi connectivity index (χ0) is 20.1. The first kappa shape index (κ1) is 17.8. The van der Waals surface area contributed by atoms with Gasteiger partial charge in [0.05, 0.1) is 18.2 Å². The third kappa shape index (κ3) is 2.93. The van der Waals surface area contributed by atoms with Crippen molar-refractivity contribution in [2.45, 2.75) is 39.0 Å². The van der Waals surface area contributed by atoms with Crippen molar-refractivity contribution in [3.8, 4) is 22.6 Å². The number of nitrogens with one attached hydrogen (secondary N) is 1. The van der Waals surface area contributed by atoms with Crippen molar-refractivity contribution in [1.82, 2.24) is 24.9 Å². The van der Waals surface area contributed by atoms with Crippen LogP contribution < -0.4 is 0 Å². The van der Waals surface area contributed by atoms with E-state index in [1.54, 1.807) is 18.9 Å². The summed E-state index contributed by atoms with van der Waals surface area (Å²) in [7, 11) is 0. The summed E-state index contributed by atoms with van der Waals surface area (Å²) in [4.78, 5) is 21.6. The second-order valence-corrected chi connectivity index (χ2v) is 8.97. The molecule has 0 spiro atoms. The fourth-order valence-electron chi connectivity index (χ4n) is 5.80. The van der Waals surface area contributed by atoms with Gasteiger partial charge in [0, 0.05) is 34.6 Å². The van der Waals surface area contributed by atoms with Gasteiger partial charge in [-0.3, -0.25) is 0 Å². The van der Waals surface area contributed by atoms with Gasteiger partial charge in [-0.1, -0.05) is 6.92 Å². The Morgan fingerprint density at radius 3 is 2.80 bits per heavy atom. The zero-order valence-corrected chi connectivity index (χ0v) is 17.1. The second kappa shape index (κ2) is 7.04. The van der Waals surface area contributed by atoms with Crippen LogP contribution in [0.2, 0.25) is 0 Å².